The third kappa shape index (κ3) is 4.48. The summed E-state index contributed by atoms with van der Waals surface area (Å²) in [5, 5.41) is 2.80. The third-order valence-corrected chi connectivity index (χ3v) is 3.07. The Labute approximate surface area is 111 Å². The summed E-state index contributed by atoms with van der Waals surface area (Å²) in [7, 11) is 1.58. The molecule has 1 rings (SSSR count). The van der Waals surface area contributed by atoms with Crippen LogP contribution in [0.1, 0.15) is 6.42 Å². The van der Waals surface area contributed by atoms with Gasteiger partial charge in [0.25, 0.3) is 0 Å². The molecule has 0 bridgehead atoms. The first-order valence-corrected chi connectivity index (χ1v) is 6.24. The maximum atomic E-state index is 11.4. The Hall–Kier alpha value is -0.140. The van der Waals surface area contributed by atoms with Crippen LogP contribution in [-0.2, 0) is 9.53 Å². The molecule has 0 aliphatic carbocycles. The van der Waals surface area contributed by atoms with E-state index in [-0.39, 0.29) is 5.91 Å². The minimum atomic E-state index is -0.0428. The second-order valence-corrected chi connectivity index (χ2v) is 5.02. The molecule has 0 aromatic heterocycles. The molecule has 0 aliphatic heterocycles. The number of hydrogen-bond donors (Lipinski definition) is 1. The van der Waals surface area contributed by atoms with Crippen LogP contribution in [0.5, 0.6) is 0 Å². The van der Waals surface area contributed by atoms with E-state index in [9.17, 15) is 4.79 Å². The predicted molar refractivity (Wildman–Crippen MR) is 72.0 cm³/mol. The van der Waals surface area contributed by atoms with Crippen molar-refractivity contribution in [1.82, 2.24) is 0 Å². The fourth-order valence-corrected chi connectivity index (χ4v) is 2.40. The first-order chi connectivity index (χ1) is 7.13. The number of methoxy groups -OCH3 is 1. The Morgan fingerprint density at radius 3 is 2.93 bits per heavy atom. The van der Waals surface area contributed by atoms with Gasteiger partial charge in [0, 0.05) is 15.2 Å². The van der Waals surface area contributed by atoms with Gasteiger partial charge in [-0.05, 0) is 56.7 Å². The maximum absolute atomic E-state index is 11.4. The van der Waals surface area contributed by atoms with E-state index < -0.39 is 0 Å². The summed E-state index contributed by atoms with van der Waals surface area (Å²) in [4.78, 5) is 11.4. The molecular weight excluding hydrogens is 373 g/mol. The number of anilines is 1. The first kappa shape index (κ1) is 12.9. The number of nitrogens with one attached hydrogen (secondary N) is 1. The zero-order chi connectivity index (χ0) is 11.3. The molecule has 0 heterocycles. The summed E-state index contributed by atoms with van der Waals surface area (Å²) in [5.41, 5.74) is 0.788. The first-order valence-electron chi connectivity index (χ1n) is 4.37. The number of rotatable bonds is 4. The third-order valence-electron chi connectivity index (χ3n) is 1.74. The molecular formula is C10H11BrINO2. The molecule has 5 heteroatoms. The van der Waals surface area contributed by atoms with Crippen molar-refractivity contribution < 1.29 is 9.53 Å². The van der Waals surface area contributed by atoms with Crippen LogP contribution in [0, 0.1) is 3.57 Å². The Bertz CT molecular complexity index is 357. The zero-order valence-electron chi connectivity index (χ0n) is 8.22. The molecule has 0 atom stereocenters. The molecule has 0 saturated heterocycles. The van der Waals surface area contributed by atoms with E-state index in [1.807, 2.05) is 18.2 Å². The lowest BCUT2D eigenvalue weighted by molar-refractivity contribution is -0.117. The van der Waals surface area contributed by atoms with E-state index in [1.165, 1.54) is 0 Å². The maximum Gasteiger partial charge on any atom is 0.226 e. The fourth-order valence-electron chi connectivity index (χ4n) is 0.998. The summed E-state index contributed by atoms with van der Waals surface area (Å²) in [6, 6.07) is 5.76. The predicted octanol–water partition coefficient (Wildman–Crippen LogP) is 3.03. The summed E-state index contributed by atoms with van der Waals surface area (Å²) < 4.78 is 6.83. The number of halogens is 2. The van der Waals surface area contributed by atoms with Crippen molar-refractivity contribution in [1.29, 1.82) is 0 Å². The smallest absolute Gasteiger partial charge is 0.226 e. The molecule has 0 aliphatic rings. The highest BCUT2D eigenvalue weighted by Crippen LogP contribution is 2.24. The second-order valence-electron chi connectivity index (χ2n) is 2.92. The Kier molecular flexibility index (Phi) is 5.55. The number of carbonyl (C=O) groups is 1. The summed E-state index contributed by atoms with van der Waals surface area (Å²) in [6.07, 6.45) is 0.370. The molecule has 0 fully saturated rings. The van der Waals surface area contributed by atoms with Crippen LogP contribution in [0.2, 0.25) is 0 Å². The van der Waals surface area contributed by atoms with Crippen molar-refractivity contribution in [3.05, 3.63) is 26.2 Å². The van der Waals surface area contributed by atoms with E-state index in [0.717, 1.165) is 13.7 Å². The average Bonchev–Trinajstić information content (AvgIpc) is 2.19. The van der Waals surface area contributed by atoms with Crippen molar-refractivity contribution in [3.8, 4) is 0 Å². The lowest BCUT2D eigenvalue weighted by Gasteiger charge is -2.07. The molecule has 0 radical (unpaired) electrons. The molecule has 1 amide bonds. The molecule has 15 heavy (non-hydrogen) atoms. The lowest BCUT2D eigenvalue weighted by atomic mass is 10.3. The van der Waals surface area contributed by atoms with Crippen LogP contribution in [0.25, 0.3) is 0 Å². The van der Waals surface area contributed by atoms with Crippen molar-refractivity contribution in [2.75, 3.05) is 19.0 Å². The summed E-state index contributed by atoms with van der Waals surface area (Å²) in [6.45, 7) is 0.438. The highest BCUT2D eigenvalue weighted by Gasteiger charge is 2.05. The fraction of sp³-hybridized carbons (Fsp3) is 0.300. The molecule has 0 saturated carbocycles. The SMILES string of the molecule is COCCC(=O)Nc1ccc(I)cc1Br. The van der Waals surface area contributed by atoms with Gasteiger partial charge in [0.2, 0.25) is 5.91 Å². The van der Waals surface area contributed by atoms with Crippen LogP contribution >= 0.6 is 38.5 Å². The van der Waals surface area contributed by atoms with Crippen LogP contribution in [-0.4, -0.2) is 19.6 Å². The van der Waals surface area contributed by atoms with E-state index in [0.29, 0.717) is 13.0 Å². The molecule has 1 aromatic rings. The van der Waals surface area contributed by atoms with Crippen LogP contribution in [0.3, 0.4) is 0 Å². The van der Waals surface area contributed by atoms with Crippen LogP contribution in [0.15, 0.2) is 22.7 Å². The molecule has 0 unspecified atom stereocenters. The number of ether oxygens (including phenoxy) is 1. The Morgan fingerprint density at radius 2 is 2.33 bits per heavy atom. The van der Waals surface area contributed by atoms with Crippen molar-refractivity contribution in [3.63, 3.8) is 0 Å². The topological polar surface area (TPSA) is 38.3 Å². The van der Waals surface area contributed by atoms with E-state index in [2.05, 4.69) is 43.8 Å². The van der Waals surface area contributed by atoms with E-state index in [1.54, 1.807) is 7.11 Å². The highest BCUT2D eigenvalue weighted by atomic mass is 127. The number of hydrogen-bond acceptors (Lipinski definition) is 2. The van der Waals surface area contributed by atoms with Crippen molar-refractivity contribution >= 4 is 50.1 Å². The standard InChI is InChI=1S/C10H11BrINO2/c1-15-5-4-10(14)13-9-3-2-7(12)6-8(9)11/h2-3,6H,4-5H2,1H3,(H,13,14). The molecule has 82 valence electrons. The number of carbonyl (C=O) groups excluding carboxylic acids is 1. The van der Waals surface area contributed by atoms with Gasteiger partial charge in [-0.1, -0.05) is 0 Å². The van der Waals surface area contributed by atoms with Gasteiger partial charge in [-0.15, -0.1) is 0 Å². The Morgan fingerprint density at radius 1 is 1.60 bits per heavy atom. The molecule has 1 N–H and O–H groups in total. The highest BCUT2D eigenvalue weighted by molar-refractivity contribution is 14.1. The van der Waals surface area contributed by atoms with Gasteiger partial charge >= 0.3 is 0 Å². The van der Waals surface area contributed by atoms with Crippen molar-refractivity contribution in [2.24, 2.45) is 0 Å². The summed E-state index contributed by atoms with van der Waals surface area (Å²) in [5.74, 6) is -0.0428. The van der Waals surface area contributed by atoms with Gasteiger partial charge in [-0.3, -0.25) is 4.79 Å². The number of benzene rings is 1. The van der Waals surface area contributed by atoms with Gasteiger partial charge in [0.1, 0.15) is 0 Å². The van der Waals surface area contributed by atoms with Gasteiger partial charge < -0.3 is 10.1 Å². The lowest BCUT2D eigenvalue weighted by Crippen LogP contribution is -2.13. The van der Waals surface area contributed by atoms with E-state index >= 15 is 0 Å². The largest absolute Gasteiger partial charge is 0.384 e. The minimum absolute atomic E-state index is 0.0428. The van der Waals surface area contributed by atoms with Crippen LogP contribution < -0.4 is 5.32 Å². The average molecular weight is 384 g/mol. The van der Waals surface area contributed by atoms with Gasteiger partial charge in [0.15, 0.2) is 0 Å². The molecule has 3 nitrogen and oxygen atoms in total. The van der Waals surface area contributed by atoms with E-state index in [4.69, 9.17) is 4.74 Å². The monoisotopic (exact) mass is 383 g/mol. The number of amides is 1. The Balaban J connectivity index is 2.60. The van der Waals surface area contributed by atoms with Gasteiger partial charge in [-0.25, -0.2) is 0 Å². The normalized spacial score (nSPS) is 10.1. The quantitative estimate of drug-likeness (QED) is 0.811. The molecule has 1 aromatic carbocycles. The van der Waals surface area contributed by atoms with Gasteiger partial charge in [-0.2, -0.15) is 0 Å². The summed E-state index contributed by atoms with van der Waals surface area (Å²) >= 11 is 5.61. The second kappa shape index (κ2) is 6.44. The van der Waals surface area contributed by atoms with Crippen molar-refractivity contribution in [2.45, 2.75) is 6.42 Å². The minimum Gasteiger partial charge on any atom is -0.384 e. The molecule has 0 spiro atoms. The van der Waals surface area contributed by atoms with Gasteiger partial charge in [0.05, 0.1) is 18.7 Å². The zero-order valence-corrected chi connectivity index (χ0v) is 12.0. The van der Waals surface area contributed by atoms with Crippen LogP contribution in [0.4, 0.5) is 5.69 Å².